The highest BCUT2D eigenvalue weighted by atomic mass is 35.5. The van der Waals surface area contributed by atoms with Crippen LogP contribution in [0.1, 0.15) is 12.0 Å². The van der Waals surface area contributed by atoms with Crippen LogP contribution in [0.15, 0.2) is 24.3 Å². The summed E-state index contributed by atoms with van der Waals surface area (Å²) < 4.78 is 15.9. The maximum absolute atomic E-state index is 12.0. The number of benzene rings is 1. The minimum Gasteiger partial charge on any atom is -0.493 e. The van der Waals surface area contributed by atoms with Gasteiger partial charge >= 0.3 is 0 Å². The van der Waals surface area contributed by atoms with Crippen LogP contribution in [0, 0.1) is 0 Å². The third-order valence-corrected chi connectivity index (χ3v) is 3.66. The van der Waals surface area contributed by atoms with E-state index in [4.69, 9.17) is 14.2 Å². The van der Waals surface area contributed by atoms with Crippen LogP contribution < -0.4 is 9.47 Å². The number of hydrogen-bond acceptors (Lipinski definition) is 5. The molecule has 0 unspecified atom stereocenters. The van der Waals surface area contributed by atoms with E-state index in [-0.39, 0.29) is 18.2 Å². The second-order valence-electron chi connectivity index (χ2n) is 5.09. The van der Waals surface area contributed by atoms with Gasteiger partial charge in [-0.15, -0.1) is 12.4 Å². The molecular weight excluding hydrogens is 318 g/mol. The van der Waals surface area contributed by atoms with Crippen molar-refractivity contribution in [2.75, 3.05) is 47.1 Å². The summed E-state index contributed by atoms with van der Waals surface area (Å²) in [5, 5.41) is 0. The molecule has 2 rings (SSSR count). The lowest BCUT2D eigenvalue weighted by atomic mass is 10.1. The van der Waals surface area contributed by atoms with Crippen molar-refractivity contribution >= 4 is 24.3 Å². The third kappa shape index (κ3) is 5.86. The summed E-state index contributed by atoms with van der Waals surface area (Å²) in [5.41, 5.74) is 0.835. The van der Waals surface area contributed by atoms with Crippen molar-refractivity contribution in [2.45, 2.75) is 6.42 Å². The predicted molar refractivity (Wildman–Crippen MR) is 92.7 cm³/mol. The Morgan fingerprint density at radius 3 is 2.65 bits per heavy atom. The SMILES string of the molecule is COc1cccc(/C=C\C(=O)CCN2CCOCC2)c1OC.Cl. The van der Waals surface area contributed by atoms with Crippen molar-refractivity contribution in [3.05, 3.63) is 29.8 Å². The molecule has 0 saturated carbocycles. The minimum atomic E-state index is 0. The van der Waals surface area contributed by atoms with Gasteiger partial charge in [0.25, 0.3) is 0 Å². The smallest absolute Gasteiger partial charge is 0.167 e. The van der Waals surface area contributed by atoms with Gasteiger partial charge in [-0.3, -0.25) is 9.69 Å². The zero-order valence-corrected chi connectivity index (χ0v) is 14.4. The first-order valence-electron chi connectivity index (χ1n) is 7.46. The fourth-order valence-corrected chi connectivity index (χ4v) is 2.40. The Hall–Kier alpha value is -1.56. The van der Waals surface area contributed by atoms with Crippen molar-refractivity contribution in [2.24, 2.45) is 0 Å². The first-order valence-corrected chi connectivity index (χ1v) is 7.46. The lowest BCUT2D eigenvalue weighted by molar-refractivity contribution is -0.115. The van der Waals surface area contributed by atoms with Crippen LogP contribution in [0.25, 0.3) is 6.08 Å². The second-order valence-corrected chi connectivity index (χ2v) is 5.09. The Kier molecular flexibility index (Phi) is 8.69. The predicted octanol–water partition coefficient (Wildman–Crippen LogP) is 2.43. The fourth-order valence-electron chi connectivity index (χ4n) is 2.40. The van der Waals surface area contributed by atoms with Gasteiger partial charge in [-0.25, -0.2) is 0 Å². The maximum atomic E-state index is 12.0. The van der Waals surface area contributed by atoms with Gasteiger partial charge in [-0.05, 0) is 18.2 Å². The van der Waals surface area contributed by atoms with Gasteiger partial charge in [0.05, 0.1) is 27.4 Å². The molecule has 0 aliphatic carbocycles. The van der Waals surface area contributed by atoms with E-state index in [1.807, 2.05) is 18.2 Å². The van der Waals surface area contributed by atoms with E-state index >= 15 is 0 Å². The largest absolute Gasteiger partial charge is 0.493 e. The van der Waals surface area contributed by atoms with Gasteiger partial charge in [-0.2, -0.15) is 0 Å². The number of rotatable bonds is 7. The Morgan fingerprint density at radius 1 is 1.26 bits per heavy atom. The number of ketones is 1. The Labute approximate surface area is 143 Å². The number of carbonyl (C=O) groups is 1. The van der Waals surface area contributed by atoms with Crippen LogP contribution in [0.2, 0.25) is 0 Å². The zero-order chi connectivity index (χ0) is 15.8. The van der Waals surface area contributed by atoms with Crippen molar-refractivity contribution < 1.29 is 19.0 Å². The van der Waals surface area contributed by atoms with E-state index in [9.17, 15) is 4.79 Å². The van der Waals surface area contributed by atoms with Crippen LogP contribution in [0.4, 0.5) is 0 Å². The van der Waals surface area contributed by atoms with Crippen molar-refractivity contribution in [1.29, 1.82) is 0 Å². The lowest BCUT2D eigenvalue weighted by Gasteiger charge is -2.25. The number of hydrogen-bond donors (Lipinski definition) is 0. The summed E-state index contributed by atoms with van der Waals surface area (Å²) in [5.74, 6) is 1.41. The zero-order valence-electron chi connectivity index (χ0n) is 13.6. The van der Waals surface area contributed by atoms with E-state index in [0.29, 0.717) is 17.9 Å². The average Bonchev–Trinajstić information content (AvgIpc) is 2.58. The van der Waals surface area contributed by atoms with Gasteiger partial charge in [-0.1, -0.05) is 12.1 Å². The molecule has 0 bridgehead atoms. The molecule has 0 N–H and O–H groups in total. The topological polar surface area (TPSA) is 48.0 Å². The standard InChI is InChI=1S/C17H23NO4.ClH/c1-20-16-5-3-4-14(17(16)21-2)6-7-15(19)8-9-18-10-12-22-13-11-18;/h3-7H,8-13H2,1-2H3;1H/b7-6-;. The van der Waals surface area contributed by atoms with E-state index in [0.717, 1.165) is 38.4 Å². The molecule has 0 atom stereocenters. The van der Waals surface area contributed by atoms with Crippen molar-refractivity contribution in [1.82, 2.24) is 4.90 Å². The van der Waals surface area contributed by atoms with Crippen molar-refractivity contribution in [3.8, 4) is 11.5 Å². The third-order valence-electron chi connectivity index (χ3n) is 3.66. The fraction of sp³-hybridized carbons (Fsp3) is 0.471. The highest BCUT2D eigenvalue weighted by molar-refractivity contribution is 5.94. The molecule has 0 spiro atoms. The summed E-state index contributed by atoms with van der Waals surface area (Å²) in [6, 6.07) is 5.60. The van der Waals surface area contributed by atoms with Gasteiger partial charge < -0.3 is 14.2 Å². The average molecular weight is 342 g/mol. The molecule has 1 aliphatic rings. The molecule has 1 saturated heterocycles. The molecule has 6 heteroatoms. The van der Waals surface area contributed by atoms with E-state index < -0.39 is 0 Å². The molecule has 5 nitrogen and oxygen atoms in total. The molecule has 1 aromatic carbocycles. The first kappa shape index (κ1) is 19.5. The molecule has 1 aliphatic heterocycles. The van der Waals surface area contributed by atoms with Crippen LogP contribution in [0.5, 0.6) is 11.5 Å². The van der Waals surface area contributed by atoms with Crippen LogP contribution >= 0.6 is 12.4 Å². The number of ether oxygens (including phenoxy) is 3. The molecule has 1 heterocycles. The molecule has 0 radical (unpaired) electrons. The van der Waals surface area contributed by atoms with Gasteiger partial charge in [0.1, 0.15) is 0 Å². The Morgan fingerprint density at radius 2 is 2.00 bits per heavy atom. The summed E-state index contributed by atoms with van der Waals surface area (Å²) in [4.78, 5) is 14.2. The number of allylic oxidation sites excluding steroid dienone is 1. The van der Waals surface area contributed by atoms with E-state index in [1.54, 1.807) is 26.4 Å². The van der Waals surface area contributed by atoms with Gasteiger partial charge in [0.2, 0.25) is 0 Å². The van der Waals surface area contributed by atoms with Crippen LogP contribution in [-0.2, 0) is 9.53 Å². The molecular formula is C17H24ClNO4. The van der Waals surface area contributed by atoms with Crippen LogP contribution in [-0.4, -0.2) is 57.8 Å². The number of morpholine rings is 1. The monoisotopic (exact) mass is 341 g/mol. The normalized spacial score (nSPS) is 15.2. The molecule has 0 amide bonds. The summed E-state index contributed by atoms with van der Waals surface area (Å²) in [6.07, 6.45) is 3.91. The summed E-state index contributed by atoms with van der Waals surface area (Å²) in [6.45, 7) is 4.10. The number of carbonyl (C=O) groups excluding carboxylic acids is 1. The highest BCUT2D eigenvalue weighted by Crippen LogP contribution is 2.31. The second kappa shape index (κ2) is 10.3. The van der Waals surface area contributed by atoms with Gasteiger partial charge in [0.15, 0.2) is 17.3 Å². The first-order chi connectivity index (χ1) is 10.7. The quantitative estimate of drug-likeness (QED) is 0.713. The molecule has 23 heavy (non-hydrogen) atoms. The van der Waals surface area contributed by atoms with E-state index in [2.05, 4.69) is 4.90 Å². The Balaban J connectivity index is 0.00000264. The molecule has 128 valence electrons. The van der Waals surface area contributed by atoms with Crippen LogP contribution in [0.3, 0.4) is 0 Å². The molecule has 1 fully saturated rings. The minimum absolute atomic E-state index is 0. The molecule has 1 aromatic rings. The maximum Gasteiger partial charge on any atom is 0.167 e. The highest BCUT2D eigenvalue weighted by Gasteiger charge is 2.11. The number of methoxy groups -OCH3 is 2. The summed E-state index contributed by atoms with van der Waals surface area (Å²) in [7, 11) is 3.19. The number of halogens is 1. The summed E-state index contributed by atoms with van der Waals surface area (Å²) >= 11 is 0. The number of para-hydroxylation sites is 1. The van der Waals surface area contributed by atoms with Gasteiger partial charge in [0, 0.05) is 31.6 Å². The Bertz CT molecular complexity index is 527. The number of nitrogens with zero attached hydrogens (tertiary/aromatic N) is 1. The van der Waals surface area contributed by atoms with Crippen molar-refractivity contribution in [3.63, 3.8) is 0 Å². The molecule has 0 aromatic heterocycles. The van der Waals surface area contributed by atoms with E-state index in [1.165, 1.54) is 0 Å². The lowest BCUT2D eigenvalue weighted by Crippen LogP contribution is -2.37.